The van der Waals surface area contributed by atoms with Crippen molar-refractivity contribution >= 4 is 17.7 Å². The van der Waals surface area contributed by atoms with E-state index < -0.39 is 0 Å². The molecule has 0 spiro atoms. The monoisotopic (exact) mass is 267 g/mol. The van der Waals surface area contributed by atoms with Crippen molar-refractivity contribution in [3.05, 3.63) is 29.6 Å². The zero-order valence-corrected chi connectivity index (χ0v) is 12.1. The summed E-state index contributed by atoms with van der Waals surface area (Å²) in [4.78, 5) is 6.50. The number of ether oxygens (including phenoxy) is 1. The standard InChI is InChI=1S/C13H21N3OS/c1-16(2)9-11-4-6-15-12(8-11)10-18-7-5-13(14)17-3/h4,6,8,14H,5,7,9-10H2,1-3H3. The number of nitrogens with zero attached hydrogens (tertiary/aromatic N) is 2. The second-order valence-corrected chi connectivity index (χ2v) is 5.43. The molecular weight excluding hydrogens is 246 g/mol. The fourth-order valence-corrected chi connectivity index (χ4v) is 2.36. The zero-order chi connectivity index (χ0) is 13.4. The van der Waals surface area contributed by atoms with E-state index in [1.54, 1.807) is 18.9 Å². The minimum Gasteiger partial charge on any atom is -0.484 e. The summed E-state index contributed by atoms with van der Waals surface area (Å²) in [7, 11) is 5.66. The molecule has 100 valence electrons. The molecule has 0 saturated carbocycles. The lowest BCUT2D eigenvalue weighted by molar-refractivity contribution is 0.389. The van der Waals surface area contributed by atoms with Crippen molar-refractivity contribution in [2.45, 2.75) is 18.7 Å². The van der Waals surface area contributed by atoms with Gasteiger partial charge < -0.3 is 9.64 Å². The van der Waals surface area contributed by atoms with E-state index in [0.717, 1.165) is 23.7 Å². The van der Waals surface area contributed by atoms with Crippen LogP contribution in [0.25, 0.3) is 0 Å². The van der Waals surface area contributed by atoms with Gasteiger partial charge in [0.1, 0.15) is 0 Å². The van der Waals surface area contributed by atoms with Crippen molar-refractivity contribution in [2.24, 2.45) is 0 Å². The maximum absolute atomic E-state index is 7.37. The molecule has 1 rings (SSSR count). The molecule has 18 heavy (non-hydrogen) atoms. The summed E-state index contributed by atoms with van der Waals surface area (Å²) >= 11 is 1.78. The lowest BCUT2D eigenvalue weighted by atomic mass is 10.2. The SMILES string of the molecule is COC(=N)CCSCc1cc(CN(C)C)ccn1. The van der Waals surface area contributed by atoms with Gasteiger partial charge in [-0.05, 0) is 31.8 Å². The van der Waals surface area contributed by atoms with E-state index in [1.165, 1.54) is 5.56 Å². The molecule has 0 amide bonds. The first kappa shape index (κ1) is 15.0. The highest BCUT2D eigenvalue weighted by Crippen LogP contribution is 2.13. The third-order valence-electron chi connectivity index (χ3n) is 2.35. The Morgan fingerprint density at radius 1 is 1.50 bits per heavy atom. The lowest BCUT2D eigenvalue weighted by Gasteiger charge is -2.10. The Morgan fingerprint density at radius 2 is 2.28 bits per heavy atom. The summed E-state index contributed by atoms with van der Waals surface area (Å²) in [5.74, 6) is 2.13. The van der Waals surface area contributed by atoms with Gasteiger partial charge in [-0.2, -0.15) is 11.8 Å². The van der Waals surface area contributed by atoms with Crippen molar-refractivity contribution in [1.82, 2.24) is 9.88 Å². The third-order valence-corrected chi connectivity index (χ3v) is 3.34. The lowest BCUT2D eigenvalue weighted by Crippen LogP contribution is -2.10. The van der Waals surface area contributed by atoms with Gasteiger partial charge >= 0.3 is 0 Å². The topological polar surface area (TPSA) is 49.2 Å². The number of hydrogen-bond acceptors (Lipinski definition) is 5. The van der Waals surface area contributed by atoms with E-state index in [0.29, 0.717) is 12.3 Å². The van der Waals surface area contributed by atoms with Gasteiger partial charge in [-0.25, -0.2) is 0 Å². The Morgan fingerprint density at radius 3 is 2.94 bits per heavy atom. The first-order valence-electron chi connectivity index (χ1n) is 5.89. The highest BCUT2D eigenvalue weighted by atomic mass is 32.2. The Hall–Kier alpha value is -1.07. The normalized spacial score (nSPS) is 10.7. The van der Waals surface area contributed by atoms with Crippen LogP contribution in [-0.2, 0) is 17.0 Å². The second-order valence-electron chi connectivity index (χ2n) is 4.32. The predicted octanol–water partition coefficient (Wildman–Crippen LogP) is 2.39. The average Bonchev–Trinajstić information content (AvgIpc) is 2.34. The smallest absolute Gasteiger partial charge is 0.180 e. The first-order chi connectivity index (χ1) is 8.61. The molecule has 0 aliphatic carbocycles. The van der Waals surface area contributed by atoms with Crippen LogP contribution in [0.5, 0.6) is 0 Å². The molecule has 0 atom stereocenters. The second kappa shape index (κ2) is 8.11. The minimum atomic E-state index is 0.344. The van der Waals surface area contributed by atoms with Crippen LogP contribution in [0, 0.1) is 5.41 Å². The highest BCUT2D eigenvalue weighted by molar-refractivity contribution is 7.98. The van der Waals surface area contributed by atoms with Gasteiger partial charge in [-0.3, -0.25) is 10.4 Å². The Kier molecular flexibility index (Phi) is 6.75. The van der Waals surface area contributed by atoms with E-state index in [2.05, 4.69) is 36.1 Å². The van der Waals surface area contributed by atoms with Gasteiger partial charge in [-0.1, -0.05) is 0 Å². The molecule has 5 heteroatoms. The third kappa shape index (κ3) is 6.02. The average molecular weight is 267 g/mol. The van der Waals surface area contributed by atoms with Crippen LogP contribution < -0.4 is 0 Å². The van der Waals surface area contributed by atoms with Crippen molar-refractivity contribution in [3.8, 4) is 0 Å². The van der Waals surface area contributed by atoms with Crippen LogP contribution in [0.15, 0.2) is 18.3 Å². The van der Waals surface area contributed by atoms with Crippen LogP contribution in [0.3, 0.4) is 0 Å². The van der Waals surface area contributed by atoms with Gasteiger partial charge in [0.05, 0.1) is 12.8 Å². The Labute approximate surface area is 113 Å². The fraction of sp³-hybridized carbons (Fsp3) is 0.538. The van der Waals surface area contributed by atoms with Gasteiger partial charge in [-0.15, -0.1) is 0 Å². The van der Waals surface area contributed by atoms with Crippen LogP contribution >= 0.6 is 11.8 Å². The molecular formula is C13H21N3OS. The van der Waals surface area contributed by atoms with E-state index in [-0.39, 0.29) is 0 Å². The molecule has 0 saturated heterocycles. The number of pyridine rings is 1. The number of hydrogen-bond donors (Lipinski definition) is 1. The van der Waals surface area contributed by atoms with Crippen LogP contribution in [0.2, 0.25) is 0 Å². The Bertz CT molecular complexity index is 382. The molecule has 0 fully saturated rings. The largest absolute Gasteiger partial charge is 0.484 e. The van der Waals surface area contributed by atoms with E-state index in [4.69, 9.17) is 10.1 Å². The number of nitrogens with one attached hydrogen (secondary N) is 1. The van der Waals surface area contributed by atoms with Gasteiger partial charge in [0.25, 0.3) is 0 Å². The predicted molar refractivity (Wildman–Crippen MR) is 77.1 cm³/mol. The molecule has 1 aromatic heterocycles. The summed E-state index contributed by atoms with van der Waals surface area (Å²) in [6.07, 6.45) is 2.55. The van der Waals surface area contributed by atoms with Gasteiger partial charge in [0.2, 0.25) is 0 Å². The van der Waals surface area contributed by atoms with E-state index >= 15 is 0 Å². The molecule has 0 unspecified atom stereocenters. The van der Waals surface area contributed by atoms with Crippen molar-refractivity contribution in [2.75, 3.05) is 27.0 Å². The van der Waals surface area contributed by atoms with Crippen LogP contribution in [-0.4, -0.2) is 42.7 Å². The summed E-state index contributed by atoms with van der Waals surface area (Å²) in [6.45, 7) is 0.939. The maximum Gasteiger partial charge on any atom is 0.180 e. The highest BCUT2D eigenvalue weighted by Gasteiger charge is 2.01. The zero-order valence-electron chi connectivity index (χ0n) is 11.3. The summed E-state index contributed by atoms with van der Waals surface area (Å²) in [5.41, 5.74) is 2.39. The molecule has 1 heterocycles. The minimum absolute atomic E-state index is 0.344. The molecule has 1 N–H and O–H groups in total. The summed E-state index contributed by atoms with van der Waals surface area (Å²) in [5, 5.41) is 7.37. The fourth-order valence-electron chi connectivity index (χ4n) is 1.51. The summed E-state index contributed by atoms with van der Waals surface area (Å²) < 4.78 is 4.81. The molecule has 0 aliphatic heterocycles. The molecule has 0 bridgehead atoms. The quantitative estimate of drug-likeness (QED) is 0.468. The summed E-state index contributed by atoms with van der Waals surface area (Å²) in [6, 6.07) is 4.20. The number of aromatic nitrogens is 1. The first-order valence-corrected chi connectivity index (χ1v) is 7.05. The van der Waals surface area contributed by atoms with Gasteiger partial charge in [0, 0.05) is 30.7 Å². The van der Waals surface area contributed by atoms with Crippen molar-refractivity contribution in [1.29, 1.82) is 5.41 Å². The molecule has 1 aromatic rings. The van der Waals surface area contributed by atoms with Crippen molar-refractivity contribution in [3.63, 3.8) is 0 Å². The van der Waals surface area contributed by atoms with Crippen LogP contribution in [0.1, 0.15) is 17.7 Å². The molecule has 0 radical (unpaired) electrons. The molecule has 0 aromatic carbocycles. The Balaban J connectivity index is 2.35. The molecule has 4 nitrogen and oxygen atoms in total. The maximum atomic E-state index is 7.37. The van der Waals surface area contributed by atoms with Crippen LogP contribution in [0.4, 0.5) is 0 Å². The van der Waals surface area contributed by atoms with E-state index in [1.807, 2.05) is 6.20 Å². The number of methoxy groups -OCH3 is 1. The van der Waals surface area contributed by atoms with E-state index in [9.17, 15) is 0 Å². The number of thioether (sulfide) groups is 1. The van der Waals surface area contributed by atoms with Crippen molar-refractivity contribution < 1.29 is 4.74 Å². The molecule has 0 aliphatic rings. The van der Waals surface area contributed by atoms with Gasteiger partial charge in [0.15, 0.2) is 5.90 Å². The number of rotatable bonds is 7.